The van der Waals surface area contributed by atoms with Crippen molar-refractivity contribution in [2.75, 3.05) is 38.5 Å². The predicted octanol–water partition coefficient (Wildman–Crippen LogP) is 1.82. The van der Waals surface area contributed by atoms with E-state index in [0.717, 1.165) is 23.8 Å². The van der Waals surface area contributed by atoms with Crippen molar-refractivity contribution in [1.29, 1.82) is 0 Å². The van der Waals surface area contributed by atoms with Gasteiger partial charge in [0.15, 0.2) is 17.2 Å². The molecule has 5 rings (SSSR count). The van der Waals surface area contributed by atoms with Crippen LogP contribution in [0.15, 0.2) is 52.8 Å². The fraction of sp³-hybridized carbons (Fsp3) is 0.394. The van der Waals surface area contributed by atoms with Gasteiger partial charge in [-0.1, -0.05) is 16.8 Å². The minimum Gasteiger partial charge on any atom is -0.508 e. The van der Waals surface area contributed by atoms with Gasteiger partial charge in [-0.05, 0) is 50.2 Å². The zero-order chi connectivity index (χ0) is 37.2. The number of carbonyl (C=O) groups excluding carboxylic acids is 3. The number of phenolic OH excluding ortho intramolecular Hbond substituents is 3. The Morgan fingerprint density at radius 1 is 1.06 bits per heavy atom. The van der Waals surface area contributed by atoms with Gasteiger partial charge in [0, 0.05) is 29.7 Å². The first-order chi connectivity index (χ1) is 24.0. The number of aromatic hydroxyl groups is 3. The van der Waals surface area contributed by atoms with E-state index in [2.05, 4.69) is 15.8 Å². The number of amides is 3. The molecule has 2 atom stereocenters. The topological polar surface area (TPSA) is 235 Å². The second-order valence-electron chi connectivity index (χ2n) is 12.9. The molecular formula is C33H37ClN5O11S+. The van der Waals surface area contributed by atoms with Gasteiger partial charge in [0.2, 0.25) is 5.60 Å². The molecule has 0 spiro atoms. The van der Waals surface area contributed by atoms with E-state index in [1.807, 2.05) is 0 Å². The number of carboxylic acid groups (broad SMARTS) is 2. The highest BCUT2D eigenvalue weighted by Gasteiger charge is 2.55. The summed E-state index contributed by atoms with van der Waals surface area (Å²) in [5.41, 5.74) is -1.62. The number of thioether (sulfide) groups is 1. The van der Waals surface area contributed by atoms with Crippen molar-refractivity contribution in [3.8, 4) is 17.2 Å². The molecule has 7 N–H and O–H groups in total. The van der Waals surface area contributed by atoms with E-state index in [0.29, 0.717) is 36.2 Å². The van der Waals surface area contributed by atoms with Gasteiger partial charge in [0.05, 0.1) is 36.8 Å². The Labute approximate surface area is 300 Å². The number of benzene rings is 2. The second-order valence-corrected chi connectivity index (χ2v) is 14.4. The van der Waals surface area contributed by atoms with Crippen LogP contribution >= 0.6 is 23.4 Å². The minimum absolute atomic E-state index is 0.0124. The molecule has 2 aromatic carbocycles. The summed E-state index contributed by atoms with van der Waals surface area (Å²) in [5, 5.41) is 57.1. The molecule has 3 heterocycles. The zero-order valence-corrected chi connectivity index (χ0v) is 29.2. The van der Waals surface area contributed by atoms with Crippen molar-refractivity contribution in [2.24, 2.45) is 5.16 Å². The molecule has 18 heteroatoms. The van der Waals surface area contributed by atoms with Gasteiger partial charge in [-0.15, -0.1) is 11.8 Å². The van der Waals surface area contributed by atoms with Crippen LogP contribution in [0, 0.1) is 0 Å². The number of fused-ring (bicyclic) bond motifs is 1. The molecule has 51 heavy (non-hydrogen) atoms. The average molecular weight is 747 g/mol. The first-order valence-corrected chi connectivity index (χ1v) is 17.3. The van der Waals surface area contributed by atoms with Crippen LogP contribution in [-0.2, 0) is 24.0 Å². The Hall–Kier alpha value is -5.00. The van der Waals surface area contributed by atoms with E-state index < -0.39 is 58.2 Å². The Morgan fingerprint density at radius 2 is 1.73 bits per heavy atom. The highest BCUT2D eigenvalue weighted by atomic mass is 35.5. The molecule has 3 aliphatic rings. The molecular weight excluding hydrogens is 710 g/mol. The highest BCUT2D eigenvalue weighted by Crippen LogP contribution is 2.41. The number of aliphatic carboxylic acids is 2. The fourth-order valence-corrected chi connectivity index (χ4v) is 7.74. The molecule has 0 saturated carbocycles. The maximum Gasteiger partial charge on any atom is 0.352 e. The first-order valence-electron chi connectivity index (χ1n) is 15.9. The summed E-state index contributed by atoms with van der Waals surface area (Å²) in [6.07, 6.45) is 1.76. The van der Waals surface area contributed by atoms with Gasteiger partial charge in [-0.2, -0.15) is 0 Å². The SMILES string of the molecule is CC(C)(O/N=C(\C(=O)N[C@@H]1C(=O)N2C(C(=O)O)=C(C[N+]3(CCNC(=O)c4ccc(O)c(O)c4Cl)CCCC3)CS[C@H]12)c1ccc(O)cc1)C(=O)O. The number of oxime groups is 1. The van der Waals surface area contributed by atoms with Crippen molar-refractivity contribution >= 4 is 58.7 Å². The Bertz CT molecular complexity index is 1830. The molecule has 16 nitrogen and oxygen atoms in total. The third-order valence-corrected chi connectivity index (χ3v) is 10.7. The lowest BCUT2D eigenvalue weighted by Crippen LogP contribution is -2.71. The second kappa shape index (κ2) is 14.7. The summed E-state index contributed by atoms with van der Waals surface area (Å²) >= 11 is 7.33. The van der Waals surface area contributed by atoms with Crippen LogP contribution in [0.1, 0.15) is 42.6 Å². The largest absolute Gasteiger partial charge is 0.508 e. The number of rotatable bonds is 13. The lowest BCUT2D eigenvalue weighted by Gasteiger charge is -2.50. The summed E-state index contributed by atoms with van der Waals surface area (Å²) in [4.78, 5) is 70.3. The number of carboxylic acids is 2. The maximum atomic E-state index is 13.5. The molecule has 0 bridgehead atoms. The van der Waals surface area contributed by atoms with Gasteiger partial charge in [-0.3, -0.25) is 19.3 Å². The molecule has 0 aromatic heterocycles. The number of nitrogens with one attached hydrogen (secondary N) is 2. The summed E-state index contributed by atoms with van der Waals surface area (Å²) in [6.45, 7) is 4.87. The predicted molar refractivity (Wildman–Crippen MR) is 183 cm³/mol. The van der Waals surface area contributed by atoms with E-state index in [1.54, 1.807) is 0 Å². The number of nitrogens with zero attached hydrogens (tertiary/aromatic N) is 3. The third kappa shape index (κ3) is 7.69. The molecule has 0 unspecified atom stereocenters. The third-order valence-electron chi connectivity index (χ3n) is 9.02. The number of likely N-dealkylation sites (tertiary alicyclic amines) is 1. The van der Waals surface area contributed by atoms with Crippen molar-refractivity contribution in [2.45, 2.75) is 43.7 Å². The Balaban J connectivity index is 1.30. The maximum absolute atomic E-state index is 13.5. The van der Waals surface area contributed by atoms with Crippen molar-refractivity contribution < 1.29 is 58.8 Å². The smallest absolute Gasteiger partial charge is 0.352 e. The van der Waals surface area contributed by atoms with Crippen LogP contribution in [0.4, 0.5) is 0 Å². The Kier molecular flexibility index (Phi) is 10.7. The van der Waals surface area contributed by atoms with Gasteiger partial charge in [0.25, 0.3) is 17.7 Å². The van der Waals surface area contributed by atoms with Crippen LogP contribution in [0.5, 0.6) is 17.2 Å². The molecule has 3 amide bonds. The summed E-state index contributed by atoms with van der Waals surface area (Å²) in [5.74, 6) is -5.61. The van der Waals surface area contributed by atoms with Crippen LogP contribution in [0.25, 0.3) is 0 Å². The number of halogens is 1. The number of hydrogen-bond acceptors (Lipinski definition) is 11. The molecule has 2 aromatic rings. The monoisotopic (exact) mass is 746 g/mol. The van der Waals surface area contributed by atoms with Crippen molar-refractivity contribution in [3.63, 3.8) is 0 Å². The zero-order valence-electron chi connectivity index (χ0n) is 27.6. The number of hydrogen-bond donors (Lipinski definition) is 7. The molecule has 2 saturated heterocycles. The van der Waals surface area contributed by atoms with Gasteiger partial charge in [0.1, 0.15) is 29.4 Å². The van der Waals surface area contributed by atoms with E-state index in [1.165, 1.54) is 55.9 Å². The summed E-state index contributed by atoms with van der Waals surface area (Å²) in [6, 6.07) is 6.64. The highest BCUT2D eigenvalue weighted by molar-refractivity contribution is 8.00. The quantitative estimate of drug-likeness (QED) is 0.0511. The minimum atomic E-state index is -1.80. The molecule has 0 aliphatic carbocycles. The molecule has 0 radical (unpaired) electrons. The van der Waals surface area contributed by atoms with Crippen molar-refractivity contribution in [1.82, 2.24) is 15.5 Å². The lowest BCUT2D eigenvalue weighted by atomic mass is 10.0. The van der Waals surface area contributed by atoms with Crippen LogP contribution in [-0.4, -0.2) is 126 Å². The van der Waals surface area contributed by atoms with E-state index in [9.17, 15) is 49.5 Å². The number of quaternary nitrogens is 1. The molecule has 2 fully saturated rings. The summed E-state index contributed by atoms with van der Waals surface area (Å²) in [7, 11) is 0. The van der Waals surface area contributed by atoms with Crippen molar-refractivity contribution in [3.05, 3.63) is 63.8 Å². The first kappa shape index (κ1) is 37.3. The average Bonchev–Trinajstić information content (AvgIpc) is 3.54. The molecule has 272 valence electrons. The fourth-order valence-electron chi connectivity index (χ4n) is 6.16. The number of phenols is 3. The standard InChI is InChI=1S/C33H36ClN5O11S/c1-33(2,32(48)49)50-37-23(17-5-7-19(40)8-6-17)28(44)36-24-29(45)38-25(31(46)47)18(16-51-30(24)38)15-39(12-3-4-13-39)14-11-35-27(43)20-9-10-21(41)26(42)22(20)34/h5-10,24,30H,3-4,11-16H2,1-2H3,(H6-,35,36,37,40,41,42,43,44,46,47,48,49)/p+1/t24-,30-/m1/s1. The normalized spacial score (nSPS) is 19.9. The number of β-lactam (4-membered cyclic amide) rings is 1. The van der Waals surface area contributed by atoms with Gasteiger partial charge in [-0.25, -0.2) is 9.59 Å². The van der Waals surface area contributed by atoms with Crippen LogP contribution in [0.3, 0.4) is 0 Å². The Morgan fingerprint density at radius 3 is 2.35 bits per heavy atom. The van der Waals surface area contributed by atoms with E-state index in [-0.39, 0.29) is 45.6 Å². The van der Waals surface area contributed by atoms with Gasteiger partial charge < -0.3 is 45.5 Å². The van der Waals surface area contributed by atoms with E-state index in [4.69, 9.17) is 16.4 Å². The van der Waals surface area contributed by atoms with Crippen LogP contribution in [0.2, 0.25) is 5.02 Å². The lowest BCUT2D eigenvalue weighted by molar-refractivity contribution is -0.911. The summed E-state index contributed by atoms with van der Waals surface area (Å²) < 4.78 is 0.466. The van der Waals surface area contributed by atoms with E-state index >= 15 is 0 Å². The number of carbonyl (C=O) groups is 5. The molecule has 3 aliphatic heterocycles. The van der Waals surface area contributed by atoms with Crippen LogP contribution < -0.4 is 10.6 Å². The van der Waals surface area contributed by atoms with Gasteiger partial charge >= 0.3 is 11.9 Å².